The van der Waals surface area contributed by atoms with Gasteiger partial charge in [-0.15, -0.1) is 0 Å². The van der Waals surface area contributed by atoms with E-state index in [-0.39, 0.29) is 31.6 Å². The SMILES string of the molecule is N#Cc1ccc(-c2ccc(C[C@H](NC(=O)C3Cc4cc5c(cc4CN3C(=O)c3ccccc3F)O[C@@H](c3ccc(OCc4ccc(Cl)c(Cl)c4)cc3)CO5)C(=O)O)cc2)cc1. The van der Waals surface area contributed by atoms with Gasteiger partial charge in [-0.25, -0.2) is 9.18 Å². The molecule has 61 heavy (non-hydrogen) atoms. The van der Waals surface area contributed by atoms with Crippen molar-refractivity contribution >= 4 is 41.0 Å². The molecule has 0 spiro atoms. The Hall–Kier alpha value is -6.87. The molecule has 0 bridgehead atoms. The fraction of sp³-hybridized carbons (Fsp3) is 0.167. The highest BCUT2D eigenvalue weighted by Gasteiger charge is 2.39. The molecule has 1 unspecified atom stereocenters. The Kier molecular flexibility index (Phi) is 11.9. The smallest absolute Gasteiger partial charge is 0.326 e. The summed E-state index contributed by atoms with van der Waals surface area (Å²) in [7, 11) is 0. The monoisotopic (exact) mass is 855 g/mol. The van der Waals surface area contributed by atoms with Crippen molar-refractivity contribution in [3.05, 3.63) is 182 Å². The number of carbonyl (C=O) groups is 3. The lowest BCUT2D eigenvalue weighted by Gasteiger charge is -2.37. The normalized spacial score (nSPS) is 15.8. The first-order valence-corrected chi connectivity index (χ1v) is 20.1. The number of hydrogen-bond donors (Lipinski definition) is 2. The lowest BCUT2D eigenvalue weighted by atomic mass is 9.91. The second-order valence-electron chi connectivity index (χ2n) is 14.7. The van der Waals surface area contributed by atoms with E-state index < -0.39 is 41.8 Å². The van der Waals surface area contributed by atoms with Gasteiger partial charge in [0.2, 0.25) is 5.91 Å². The summed E-state index contributed by atoms with van der Waals surface area (Å²) in [5.74, 6) is -1.89. The summed E-state index contributed by atoms with van der Waals surface area (Å²) in [6.07, 6.45) is -0.488. The number of carboxylic acid groups (broad SMARTS) is 1. The Bertz CT molecular complexity index is 2670. The van der Waals surface area contributed by atoms with Gasteiger partial charge in [0, 0.05) is 19.4 Å². The van der Waals surface area contributed by atoms with Gasteiger partial charge in [0.1, 0.15) is 36.9 Å². The number of benzene rings is 6. The van der Waals surface area contributed by atoms with Crippen LogP contribution in [0.2, 0.25) is 10.0 Å². The molecule has 306 valence electrons. The summed E-state index contributed by atoms with van der Waals surface area (Å²) in [6.45, 7) is 0.418. The topological polar surface area (TPSA) is 138 Å². The van der Waals surface area contributed by atoms with Gasteiger partial charge in [-0.3, -0.25) is 9.59 Å². The molecule has 2 N–H and O–H groups in total. The van der Waals surface area contributed by atoms with Gasteiger partial charge in [-0.05, 0) is 99.6 Å². The molecule has 13 heteroatoms. The van der Waals surface area contributed by atoms with Crippen LogP contribution >= 0.6 is 23.2 Å². The number of carbonyl (C=O) groups excluding carboxylic acids is 2. The fourth-order valence-corrected chi connectivity index (χ4v) is 7.72. The zero-order valence-electron chi connectivity index (χ0n) is 32.3. The number of ether oxygens (including phenoxy) is 3. The first-order valence-electron chi connectivity index (χ1n) is 19.3. The number of halogens is 3. The van der Waals surface area contributed by atoms with Crippen molar-refractivity contribution in [1.29, 1.82) is 5.26 Å². The van der Waals surface area contributed by atoms with Gasteiger partial charge in [0.25, 0.3) is 5.91 Å². The van der Waals surface area contributed by atoms with Crippen LogP contribution in [0, 0.1) is 17.1 Å². The molecule has 2 heterocycles. The molecule has 2 aliphatic heterocycles. The predicted octanol–water partition coefficient (Wildman–Crippen LogP) is 9.14. The molecule has 6 aromatic carbocycles. The number of carboxylic acids is 1. The highest BCUT2D eigenvalue weighted by molar-refractivity contribution is 6.42. The second kappa shape index (κ2) is 17.8. The minimum Gasteiger partial charge on any atom is -0.489 e. The van der Waals surface area contributed by atoms with E-state index in [0.717, 1.165) is 22.3 Å². The molecule has 3 atom stereocenters. The quantitative estimate of drug-likeness (QED) is 0.132. The van der Waals surface area contributed by atoms with Crippen LogP contribution in [0.15, 0.2) is 127 Å². The molecule has 2 aliphatic rings. The third kappa shape index (κ3) is 9.16. The molecule has 0 aromatic heterocycles. The molecule has 2 amide bonds. The maximum atomic E-state index is 15.1. The molecular formula is C48H36Cl2FN3O7. The van der Waals surface area contributed by atoms with Crippen molar-refractivity contribution in [2.45, 2.75) is 44.2 Å². The van der Waals surface area contributed by atoms with Gasteiger partial charge in [-0.2, -0.15) is 5.26 Å². The van der Waals surface area contributed by atoms with Crippen LogP contribution in [0.5, 0.6) is 17.2 Å². The van der Waals surface area contributed by atoms with Crippen LogP contribution in [0.1, 0.15) is 49.8 Å². The van der Waals surface area contributed by atoms with E-state index in [9.17, 15) is 19.5 Å². The fourth-order valence-electron chi connectivity index (χ4n) is 7.40. The number of nitrogens with one attached hydrogen (secondary N) is 1. The van der Waals surface area contributed by atoms with Gasteiger partial charge in [0.15, 0.2) is 17.6 Å². The minimum atomic E-state index is -1.33. The van der Waals surface area contributed by atoms with Crippen LogP contribution < -0.4 is 19.5 Å². The minimum absolute atomic E-state index is 0.0107. The maximum absolute atomic E-state index is 15.1. The van der Waals surface area contributed by atoms with Gasteiger partial charge >= 0.3 is 5.97 Å². The van der Waals surface area contributed by atoms with Crippen LogP contribution in [0.3, 0.4) is 0 Å². The molecule has 0 saturated heterocycles. The van der Waals surface area contributed by atoms with Crippen molar-refractivity contribution in [3.8, 4) is 34.4 Å². The van der Waals surface area contributed by atoms with E-state index in [2.05, 4.69) is 11.4 Å². The third-order valence-corrected chi connectivity index (χ3v) is 11.5. The van der Waals surface area contributed by atoms with Crippen LogP contribution in [0.4, 0.5) is 4.39 Å². The van der Waals surface area contributed by atoms with Crippen molar-refractivity contribution in [1.82, 2.24) is 10.2 Å². The highest BCUT2D eigenvalue weighted by atomic mass is 35.5. The van der Waals surface area contributed by atoms with Crippen molar-refractivity contribution in [2.75, 3.05) is 6.61 Å². The van der Waals surface area contributed by atoms with E-state index in [1.165, 1.54) is 29.2 Å². The van der Waals surface area contributed by atoms with Crippen molar-refractivity contribution in [3.63, 3.8) is 0 Å². The number of rotatable bonds is 11. The van der Waals surface area contributed by atoms with E-state index >= 15 is 4.39 Å². The zero-order valence-corrected chi connectivity index (χ0v) is 33.8. The summed E-state index contributed by atoms with van der Waals surface area (Å²) < 4.78 is 33.6. The molecule has 8 rings (SSSR count). The van der Waals surface area contributed by atoms with E-state index in [1.807, 2.05) is 54.6 Å². The zero-order chi connectivity index (χ0) is 42.6. The number of nitrogens with zero attached hydrogens (tertiary/aromatic N) is 2. The Balaban J connectivity index is 0.987. The average Bonchev–Trinajstić information content (AvgIpc) is 3.28. The summed E-state index contributed by atoms with van der Waals surface area (Å²) in [5.41, 5.74) is 5.81. The molecule has 6 aromatic rings. The number of fused-ring (bicyclic) bond motifs is 2. The Morgan fingerprint density at radius 3 is 2.23 bits per heavy atom. The molecular weight excluding hydrogens is 820 g/mol. The third-order valence-electron chi connectivity index (χ3n) is 10.7. The second-order valence-corrected chi connectivity index (χ2v) is 15.5. The highest BCUT2D eigenvalue weighted by Crippen LogP contribution is 2.41. The summed E-state index contributed by atoms with van der Waals surface area (Å²) in [4.78, 5) is 42.0. The van der Waals surface area contributed by atoms with Crippen LogP contribution in [-0.4, -0.2) is 46.5 Å². The number of hydrogen-bond acceptors (Lipinski definition) is 7. The Labute approximate surface area is 360 Å². The summed E-state index contributed by atoms with van der Waals surface area (Å²) in [6, 6.07) is 35.7. The molecule has 0 fully saturated rings. The van der Waals surface area contributed by atoms with Gasteiger partial charge in [0.05, 0.1) is 27.2 Å². The number of aliphatic carboxylic acids is 1. The van der Waals surface area contributed by atoms with E-state index in [4.69, 9.17) is 42.7 Å². The van der Waals surface area contributed by atoms with Crippen molar-refractivity contribution < 1.29 is 38.1 Å². The molecule has 10 nitrogen and oxygen atoms in total. The first-order chi connectivity index (χ1) is 29.5. The first kappa shape index (κ1) is 40.9. The molecule has 0 radical (unpaired) electrons. The molecule has 0 aliphatic carbocycles. The van der Waals surface area contributed by atoms with Crippen molar-refractivity contribution in [2.24, 2.45) is 0 Å². The predicted molar refractivity (Wildman–Crippen MR) is 226 cm³/mol. The average molecular weight is 857 g/mol. The number of nitriles is 1. The van der Waals surface area contributed by atoms with Gasteiger partial charge in [-0.1, -0.05) is 89.9 Å². The lowest BCUT2D eigenvalue weighted by Crippen LogP contribution is -2.56. The van der Waals surface area contributed by atoms with Gasteiger partial charge < -0.3 is 29.5 Å². The summed E-state index contributed by atoms with van der Waals surface area (Å²) >= 11 is 12.2. The summed E-state index contributed by atoms with van der Waals surface area (Å²) in [5, 5.41) is 22.9. The van der Waals surface area contributed by atoms with E-state index in [1.54, 1.807) is 48.5 Å². The Morgan fingerprint density at radius 1 is 0.852 bits per heavy atom. The lowest BCUT2D eigenvalue weighted by molar-refractivity contribution is -0.142. The van der Waals surface area contributed by atoms with E-state index in [0.29, 0.717) is 56.2 Å². The van der Waals surface area contributed by atoms with Crippen LogP contribution in [-0.2, 0) is 35.6 Å². The largest absolute Gasteiger partial charge is 0.489 e. The standard InChI is InChI=1S/C48H36Cl2FN3O7/c49-38-18-9-30(19-39(38)50)26-59-36-16-14-33(15-17-36)45-27-60-43-22-34-21-42(54(25-35(34)23-44(43)61-45)47(56)37-3-1-2-4-40(37)51)46(55)53-41(48(57)58)20-28-5-10-31(11-6-28)32-12-7-29(24-52)8-13-32/h1-19,22-23,41-42,45H,20-21,25-27H2,(H,53,55)(H,57,58)/t41-,42?,45+/m0/s1. The Morgan fingerprint density at radius 2 is 1.54 bits per heavy atom. The van der Waals surface area contributed by atoms with Crippen LogP contribution in [0.25, 0.3) is 11.1 Å². The number of amides is 2. The maximum Gasteiger partial charge on any atom is 0.326 e. The molecule has 0 saturated carbocycles.